The van der Waals surface area contributed by atoms with E-state index in [0.717, 1.165) is 28.1 Å². The molecule has 0 saturated heterocycles. The highest BCUT2D eigenvalue weighted by Crippen LogP contribution is 2.20. The van der Waals surface area contributed by atoms with Gasteiger partial charge in [0.15, 0.2) is 0 Å². The summed E-state index contributed by atoms with van der Waals surface area (Å²) in [4.78, 5) is 30.1. The zero-order valence-electron chi connectivity index (χ0n) is 20.2. The molecule has 0 aliphatic heterocycles. The van der Waals surface area contributed by atoms with Gasteiger partial charge in [-0.3, -0.25) is 4.79 Å². The SMILES string of the molecule is Cc1cccc(C)c1NC(=O)N(CC(=O)N(Cc1ccccc1)Cc1cccn1C)C(C)C. The number of amides is 3. The number of para-hydroxylation sites is 1. The molecule has 1 heterocycles. The minimum absolute atomic E-state index is 0.00564. The molecule has 0 unspecified atom stereocenters. The third-order valence-corrected chi connectivity index (χ3v) is 5.88. The van der Waals surface area contributed by atoms with Crippen LogP contribution in [0.2, 0.25) is 0 Å². The van der Waals surface area contributed by atoms with Crippen LogP contribution in [-0.4, -0.2) is 38.9 Å². The Morgan fingerprint density at radius 1 is 0.909 bits per heavy atom. The Kier molecular flexibility index (Phi) is 7.93. The topological polar surface area (TPSA) is 57.6 Å². The predicted octanol–water partition coefficient (Wildman–Crippen LogP) is 5.11. The van der Waals surface area contributed by atoms with Gasteiger partial charge in [0.25, 0.3) is 0 Å². The normalized spacial score (nSPS) is 10.8. The maximum Gasteiger partial charge on any atom is 0.322 e. The average Bonchev–Trinajstić information content (AvgIpc) is 3.18. The molecule has 6 heteroatoms. The van der Waals surface area contributed by atoms with Gasteiger partial charge in [-0.25, -0.2) is 4.79 Å². The van der Waals surface area contributed by atoms with Gasteiger partial charge in [-0.1, -0.05) is 48.5 Å². The first-order chi connectivity index (χ1) is 15.8. The van der Waals surface area contributed by atoms with Gasteiger partial charge >= 0.3 is 6.03 Å². The van der Waals surface area contributed by atoms with Crippen molar-refractivity contribution in [2.24, 2.45) is 7.05 Å². The van der Waals surface area contributed by atoms with Gasteiger partial charge in [0.2, 0.25) is 5.91 Å². The molecule has 3 amide bonds. The molecule has 0 aliphatic rings. The molecule has 1 aromatic heterocycles. The number of nitrogens with zero attached hydrogens (tertiary/aromatic N) is 3. The summed E-state index contributed by atoms with van der Waals surface area (Å²) in [6.45, 7) is 8.75. The minimum atomic E-state index is -0.269. The molecule has 2 aromatic carbocycles. The van der Waals surface area contributed by atoms with E-state index in [1.165, 1.54) is 0 Å². The Morgan fingerprint density at radius 3 is 2.15 bits per heavy atom. The number of urea groups is 1. The van der Waals surface area contributed by atoms with Crippen LogP contribution in [0.3, 0.4) is 0 Å². The number of anilines is 1. The molecular weight excluding hydrogens is 412 g/mol. The Balaban J connectivity index is 1.79. The molecule has 3 aromatic rings. The summed E-state index contributed by atoms with van der Waals surface area (Å²) in [7, 11) is 1.97. The van der Waals surface area contributed by atoms with E-state index in [0.29, 0.717) is 13.1 Å². The zero-order valence-corrected chi connectivity index (χ0v) is 20.2. The molecule has 0 bridgehead atoms. The predicted molar refractivity (Wildman–Crippen MR) is 133 cm³/mol. The number of rotatable bonds is 8. The molecule has 6 nitrogen and oxygen atoms in total. The second-order valence-corrected chi connectivity index (χ2v) is 8.76. The maximum absolute atomic E-state index is 13.5. The van der Waals surface area contributed by atoms with Crippen LogP contribution < -0.4 is 5.32 Å². The lowest BCUT2D eigenvalue weighted by molar-refractivity contribution is -0.133. The first-order valence-electron chi connectivity index (χ1n) is 11.3. The first-order valence-corrected chi connectivity index (χ1v) is 11.3. The van der Waals surface area contributed by atoms with Crippen LogP contribution in [0.15, 0.2) is 66.9 Å². The van der Waals surface area contributed by atoms with Crippen molar-refractivity contribution in [2.75, 3.05) is 11.9 Å². The fourth-order valence-corrected chi connectivity index (χ4v) is 3.82. The summed E-state index contributed by atoms with van der Waals surface area (Å²) < 4.78 is 2.01. The highest BCUT2D eigenvalue weighted by molar-refractivity contribution is 5.93. The molecule has 0 atom stereocenters. The quantitative estimate of drug-likeness (QED) is 0.523. The van der Waals surface area contributed by atoms with E-state index in [2.05, 4.69) is 5.32 Å². The van der Waals surface area contributed by atoms with E-state index in [1.807, 2.05) is 111 Å². The van der Waals surface area contributed by atoms with Crippen molar-refractivity contribution in [1.29, 1.82) is 0 Å². The second-order valence-electron chi connectivity index (χ2n) is 8.76. The second kappa shape index (κ2) is 10.9. The van der Waals surface area contributed by atoms with Crippen LogP contribution in [0.1, 0.15) is 36.2 Å². The van der Waals surface area contributed by atoms with Gasteiger partial charge in [-0.2, -0.15) is 0 Å². The third kappa shape index (κ3) is 6.25. The summed E-state index contributed by atoms with van der Waals surface area (Å²) in [6, 6.07) is 19.4. The van der Waals surface area contributed by atoms with E-state index in [-0.39, 0.29) is 24.5 Å². The third-order valence-electron chi connectivity index (χ3n) is 5.88. The fourth-order valence-electron chi connectivity index (χ4n) is 3.82. The number of hydrogen-bond donors (Lipinski definition) is 1. The van der Waals surface area contributed by atoms with Gasteiger partial charge in [0, 0.05) is 37.2 Å². The van der Waals surface area contributed by atoms with Crippen LogP contribution in [0.5, 0.6) is 0 Å². The van der Waals surface area contributed by atoms with Crippen molar-refractivity contribution in [2.45, 2.75) is 46.8 Å². The van der Waals surface area contributed by atoms with Crippen molar-refractivity contribution < 1.29 is 9.59 Å². The van der Waals surface area contributed by atoms with E-state index in [1.54, 1.807) is 4.90 Å². The van der Waals surface area contributed by atoms with Crippen molar-refractivity contribution >= 4 is 17.6 Å². The first kappa shape index (κ1) is 24.1. The number of aromatic nitrogens is 1. The molecule has 0 spiro atoms. The summed E-state index contributed by atoms with van der Waals surface area (Å²) in [6.07, 6.45) is 1.97. The number of nitrogens with one attached hydrogen (secondary N) is 1. The standard InChI is InChI=1S/C27H34N4O2/c1-20(2)31(27(33)28-26-21(3)11-9-12-22(26)4)19-25(32)30(17-23-13-7-6-8-14-23)18-24-15-10-16-29(24)5/h6-16,20H,17-19H2,1-5H3,(H,28,33). The molecule has 0 radical (unpaired) electrons. The lowest BCUT2D eigenvalue weighted by atomic mass is 10.1. The lowest BCUT2D eigenvalue weighted by Gasteiger charge is -2.30. The lowest BCUT2D eigenvalue weighted by Crippen LogP contribution is -2.47. The van der Waals surface area contributed by atoms with Gasteiger partial charge in [0.1, 0.15) is 6.54 Å². The van der Waals surface area contributed by atoms with Crippen LogP contribution in [0.4, 0.5) is 10.5 Å². The monoisotopic (exact) mass is 446 g/mol. The van der Waals surface area contributed by atoms with E-state index in [4.69, 9.17) is 0 Å². The van der Waals surface area contributed by atoms with Gasteiger partial charge in [-0.15, -0.1) is 0 Å². The minimum Gasteiger partial charge on any atom is -0.353 e. The van der Waals surface area contributed by atoms with E-state index < -0.39 is 0 Å². The smallest absolute Gasteiger partial charge is 0.322 e. The molecule has 33 heavy (non-hydrogen) atoms. The summed E-state index contributed by atoms with van der Waals surface area (Å²) in [5, 5.41) is 3.02. The summed E-state index contributed by atoms with van der Waals surface area (Å²) in [5.74, 6) is -0.0922. The highest BCUT2D eigenvalue weighted by Gasteiger charge is 2.25. The number of carbonyl (C=O) groups is 2. The molecule has 1 N–H and O–H groups in total. The Hall–Kier alpha value is -3.54. The van der Waals surface area contributed by atoms with Gasteiger partial charge in [0.05, 0.1) is 6.54 Å². The molecule has 0 aliphatic carbocycles. The number of benzene rings is 2. The Bertz CT molecular complexity index is 1070. The molecular formula is C27H34N4O2. The van der Waals surface area contributed by atoms with E-state index >= 15 is 0 Å². The maximum atomic E-state index is 13.5. The molecule has 3 rings (SSSR count). The van der Waals surface area contributed by atoms with Crippen molar-refractivity contribution in [1.82, 2.24) is 14.4 Å². The molecule has 174 valence electrons. The van der Waals surface area contributed by atoms with Crippen LogP contribution in [0, 0.1) is 13.8 Å². The van der Waals surface area contributed by atoms with Gasteiger partial charge < -0.3 is 19.7 Å². The average molecular weight is 447 g/mol. The Labute approximate surface area is 196 Å². The van der Waals surface area contributed by atoms with Crippen molar-refractivity contribution in [3.05, 3.63) is 89.2 Å². The largest absolute Gasteiger partial charge is 0.353 e. The van der Waals surface area contributed by atoms with Crippen LogP contribution in [0.25, 0.3) is 0 Å². The fraction of sp³-hybridized carbons (Fsp3) is 0.333. The number of hydrogen-bond acceptors (Lipinski definition) is 2. The number of aryl methyl sites for hydroxylation is 3. The van der Waals surface area contributed by atoms with Crippen LogP contribution in [-0.2, 0) is 24.9 Å². The number of carbonyl (C=O) groups excluding carboxylic acids is 2. The summed E-state index contributed by atoms with van der Waals surface area (Å²) >= 11 is 0. The highest BCUT2D eigenvalue weighted by atomic mass is 16.2. The molecule has 0 fully saturated rings. The summed E-state index contributed by atoms with van der Waals surface area (Å²) in [5.41, 5.74) is 4.87. The zero-order chi connectivity index (χ0) is 24.0. The Morgan fingerprint density at radius 2 is 1.58 bits per heavy atom. The van der Waals surface area contributed by atoms with E-state index in [9.17, 15) is 9.59 Å². The molecule has 0 saturated carbocycles. The van der Waals surface area contributed by atoms with Gasteiger partial charge in [-0.05, 0) is 56.5 Å². The van der Waals surface area contributed by atoms with Crippen molar-refractivity contribution in [3.63, 3.8) is 0 Å². The van der Waals surface area contributed by atoms with Crippen LogP contribution >= 0.6 is 0 Å². The van der Waals surface area contributed by atoms with Crippen molar-refractivity contribution in [3.8, 4) is 0 Å².